The molecule has 1 N–H and O–H groups in total. The van der Waals surface area contributed by atoms with Crippen molar-refractivity contribution >= 4 is 11.4 Å². The average molecular weight is 517 g/mol. The number of halogens is 2. The number of alkyl halides is 2. The van der Waals surface area contributed by atoms with Crippen molar-refractivity contribution in [3.05, 3.63) is 77.1 Å². The first kappa shape index (κ1) is 23.9. The molecular formula is C27H22F2N6O3. The predicted octanol–water partition coefficient (Wildman–Crippen LogP) is 4.18. The molecule has 0 saturated carbocycles. The van der Waals surface area contributed by atoms with Crippen molar-refractivity contribution < 1.29 is 23.4 Å². The Morgan fingerprint density at radius 1 is 1.24 bits per heavy atom. The molecule has 6 rings (SSSR count). The van der Waals surface area contributed by atoms with Crippen LogP contribution in [0.1, 0.15) is 64.7 Å². The monoisotopic (exact) mass is 516 g/mol. The highest BCUT2D eigenvalue weighted by Crippen LogP contribution is 2.53. The lowest BCUT2D eigenvalue weighted by atomic mass is 9.88. The van der Waals surface area contributed by atoms with Crippen LogP contribution in [0.15, 0.2) is 48.9 Å². The van der Waals surface area contributed by atoms with E-state index >= 15 is 0 Å². The third kappa shape index (κ3) is 3.60. The van der Waals surface area contributed by atoms with Crippen molar-refractivity contribution in [2.45, 2.75) is 43.9 Å². The van der Waals surface area contributed by atoms with Crippen LogP contribution in [0.2, 0.25) is 0 Å². The van der Waals surface area contributed by atoms with Gasteiger partial charge in [-0.1, -0.05) is 6.07 Å². The van der Waals surface area contributed by atoms with Crippen molar-refractivity contribution in [2.24, 2.45) is 0 Å². The van der Waals surface area contributed by atoms with E-state index in [1.807, 2.05) is 18.2 Å². The molecule has 11 heteroatoms. The van der Waals surface area contributed by atoms with E-state index in [0.29, 0.717) is 23.1 Å². The quantitative estimate of drug-likeness (QED) is 0.423. The van der Waals surface area contributed by atoms with Crippen LogP contribution in [0, 0.1) is 11.3 Å². The van der Waals surface area contributed by atoms with Crippen LogP contribution in [0.5, 0.6) is 5.75 Å². The van der Waals surface area contributed by atoms with Gasteiger partial charge in [-0.05, 0) is 43.2 Å². The summed E-state index contributed by atoms with van der Waals surface area (Å²) in [4.78, 5) is 23.4. The van der Waals surface area contributed by atoms with Crippen molar-refractivity contribution in [1.29, 1.82) is 5.26 Å². The van der Waals surface area contributed by atoms with Gasteiger partial charge in [-0.15, -0.1) is 0 Å². The SMILES string of the molecule is CN1C(=O)c2cccc(OC(F)F)c2[C@H]2C[C@@H]1c1nn3ccc(-c4cnc([C@@](C)(O)CC#N)nc4)cc3c12. The third-order valence-electron chi connectivity index (χ3n) is 7.36. The number of carbonyl (C=O) groups excluding carboxylic acids is 1. The third-order valence-corrected chi connectivity index (χ3v) is 7.36. The molecule has 192 valence electrons. The first-order valence-electron chi connectivity index (χ1n) is 12.0. The highest BCUT2D eigenvalue weighted by Gasteiger charge is 2.46. The number of nitrogens with zero attached hydrogens (tertiary/aromatic N) is 6. The Hall–Kier alpha value is -4.43. The molecule has 4 heterocycles. The maximum absolute atomic E-state index is 13.3. The molecular weight excluding hydrogens is 494 g/mol. The molecule has 0 saturated heterocycles. The van der Waals surface area contributed by atoms with E-state index < -0.39 is 12.2 Å². The van der Waals surface area contributed by atoms with Gasteiger partial charge in [0.1, 0.15) is 11.4 Å². The topological polar surface area (TPSA) is 117 Å². The molecule has 38 heavy (non-hydrogen) atoms. The Morgan fingerprint density at radius 3 is 2.71 bits per heavy atom. The van der Waals surface area contributed by atoms with Gasteiger partial charge in [0.05, 0.1) is 29.7 Å². The molecule has 0 radical (unpaired) electrons. The van der Waals surface area contributed by atoms with Crippen molar-refractivity contribution in [3.63, 3.8) is 0 Å². The minimum Gasteiger partial charge on any atom is -0.434 e. The van der Waals surface area contributed by atoms with Crippen molar-refractivity contribution in [2.75, 3.05) is 7.05 Å². The first-order chi connectivity index (χ1) is 18.2. The summed E-state index contributed by atoms with van der Waals surface area (Å²) in [5.41, 5.74) is 3.14. The summed E-state index contributed by atoms with van der Waals surface area (Å²) in [6.07, 6.45) is 5.31. The summed E-state index contributed by atoms with van der Waals surface area (Å²) < 4.78 is 33.2. The lowest BCUT2D eigenvalue weighted by molar-refractivity contribution is -0.0505. The zero-order valence-electron chi connectivity index (χ0n) is 20.5. The Kier molecular flexibility index (Phi) is 5.39. The van der Waals surface area contributed by atoms with Crippen LogP contribution in [0.4, 0.5) is 8.78 Å². The highest BCUT2D eigenvalue weighted by molar-refractivity contribution is 5.98. The molecule has 2 bridgehead atoms. The van der Waals surface area contributed by atoms with E-state index in [-0.39, 0.29) is 35.9 Å². The van der Waals surface area contributed by atoms with Gasteiger partial charge < -0.3 is 14.7 Å². The number of ether oxygens (including phenoxy) is 1. The fourth-order valence-electron chi connectivity index (χ4n) is 5.53. The standard InChI is InChI=1S/C27H22F2N6O3/c1-27(37,7-8-30)25-31-12-15(13-32-25)14-6-9-35-18(10-14)22-17-11-19(23(22)33-35)34(2)24(36)16-4-3-5-20(21(16)17)38-26(28)29/h3-6,9-10,12-13,17,19,26,37H,7,11H2,1-2H3/t17-,19-,27+/m1/s1. The highest BCUT2D eigenvalue weighted by atomic mass is 19.3. The molecule has 9 nitrogen and oxygen atoms in total. The second-order valence-corrected chi connectivity index (χ2v) is 9.76. The van der Waals surface area contributed by atoms with Gasteiger partial charge in [0.25, 0.3) is 5.91 Å². The van der Waals surface area contributed by atoms with E-state index in [1.54, 1.807) is 47.2 Å². The van der Waals surface area contributed by atoms with Gasteiger partial charge in [0.15, 0.2) is 5.82 Å². The van der Waals surface area contributed by atoms with Crippen LogP contribution in [0.3, 0.4) is 0 Å². The summed E-state index contributed by atoms with van der Waals surface area (Å²) in [7, 11) is 1.70. The van der Waals surface area contributed by atoms with Gasteiger partial charge in [0, 0.05) is 53.8 Å². The van der Waals surface area contributed by atoms with Crippen LogP contribution >= 0.6 is 0 Å². The minimum absolute atomic E-state index is 0.0123. The molecule has 1 aliphatic carbocycles. The van der Waals surface area contributed by atoms with Gasteiger partial charge in [0.2, 0.25) is 0 Å². The second kappa shape index (κ2) is 8.56. The van der Waals surface area contributed by atoms with Crippen LogP contribution < -0.4 is 4.74 Å². The first-order valence-corrected chi connectivity index (χ1v) is 12.0. The van der Waals surface area contributed by atoms with E-state index in [4.69, 9.17) is 15.1 Å². The summed E-state index contributed by atoms with van der Waals surface area (Å²) in [5.74, 6) is -0.502. The Labute approximate surface area is 215 Å². The number of carbonyl (C=O) groups is 1. The van der Waals surface area contributed by atoms with Gasteiger partial charge in [-0.25, -0.2) is 14.5 Å². The van der Waals surface area contributed by atoms with E-state index in [2.05, 4.69) is 9.97 Å². The number of aromatic nitrogens is 4. The summed E-state index contributed by atoms with van der Waals surface area (Å²) in [5, 5.41) is 24.1. The molecule has 3 aromatic heterocycles. The largest absolute Gasteiger partial charge is 0.434 e. The van der Waals surface area contributed by atoms with Crippen molar-refractivity contribution in [1.82, 2.24) is 24.5 Å². The maximum atomic E-state index is 13.3. The number of rotatable bonds is 5. The summed E-state index contributed by atoms with van der Waals surface area (Å²) in [6.45, 7) is -1.54. The molecule has 4 aromatic rings. The molecule has 3 atom stereocenters. The fourth-order valence-corrected chi connectivity index (χ4v) is 5.53. The van der Waals surface area contributed by atoms with Gasteiger partial charge in [-0.2, -0.15) is 19.1 Å². The van der Waals surface area contributed by atoms with Crippen molar-refractivity contribution in [3.8, 4) is 22.9 Å². The number of hydrogen-bond donors (Lipinski definition) is 1. The average Bonchev–Trinajstić information content (AvgIpc) is 3.41. The number of benzene rings is 1. The minimum atomic E-state index is -3.03. The molecule has 1 amide bonds. The number of nitriles is 1. The lowest BCUT2D eigenvalue weighted by Gasteiger charge is -2.23. The van der Waals surface area contributed by atoms with Crippen LogP contribution in [-0.4, -0.2) is 49.2 Å². The van der Waals surface area contributed by atoms with Gasteiger partial charge >= 0.3 is 6.61 Å². The predicted molar refractivity (Wildman–Crippen MR) is 130 cm³/mol. The summed E-state index contributed by atoms with van der Waals surface area (Å²) >= 11 is 0. The molecule has 0 spiro atoms. The van der Waals surface area contributed by atoms with E-state index in [1.165, 1.54) is 13.0 Å². The number of fused-ring (bicyclic) bond motifs is 9. The Morgan fingerprint density at radius 2 is 2.00 bits per heavy atom. The van der Waals surface area contributed by atoms with E-state index in [0.717, 1.165) is 22.3 Å². The normalized spacial score (nSPS) is 19.6. The zero-order valence-corrected chi connectivity index (χ0v) is 20.5. The van der Waals surface area contributed by atoms with Gasteiger partial charge in [-0.3, -0.25) is 4.79 Å². The lowest BCUT2D eigenvalue weighted by Crippen LogP contribution is -2.30. The molecule has 0 fully saturated rings. The Bertz CT molecular complexity index is 1630. The maximum Gasteiger partial charge on any atom is 0.387 e. The second-order valence-electron chi connectivity index (χ2n) is 9.76. The molecule has 0 unspecified atom stereocenters. The summed E-state index contributed by atoms with van der Waals surface area (Å²) in [6, 6.07) is 10.0. The van der Waals surface area contributed by atoms with Crippen LogP contribution in [0.25, 0.3) is 16.6 Å². The Balaban J connectivity index is 1.48. The van der Waals surface area contributed by atoms with E-state index in [9.17, 15) is 18.7 Å². The molecule has 2 aliphatic rings. The molecule has 1 aromatic carbocycles. The zero-order chi connectivity index (χ0) is 26.8. The fraction of sp³-hybridized carbons (Fsp3) is 0.296. The smallest absolute Gasteiger partial charge is 0.387 e. The number of pyridine rings is 1. The number of amides is 1. The molecule has 1 aliphatic heterocycles. The van der Waals surface area contributed by atoms with Crippen LogP contribution in [-0.2, 0) is 5.60 Å². The number of hydrogen-bond acceptors (Lipinski definition) is 7. The number of aliphatic hydroxyl groups is 1.